The molecule has 21 heavy (non-hydrogen) atoms. The first kappa shape index (κ1) is 14.3. The predicted molar refractivity (Wildman–Crippen MR) is 85.8 cm³/mol. The van der Waals surface area contributed by atoms with Crippen LogP contribution in [0.25, 0.3) is 5.52 Å². The molecule has 0 saturated carbocycles. The van der Waals surface area contributed by atoms with E-state index in [0.29, 0.717) is 5.92 Å². The lowest BCUT2D eigenvalue weighted by Crippen LogP contribution is -2.33. The van der Waals surface area contributed by atoms with Gasteiger partial charge in [0.2, 0.25) is 0 Å². The highest BCUT2D eigenvalue weighted by atomic mass is 15.2. The summed E-state index contributed by atoms with van der Waals surface area (Å²) < 4.78 is 1.93. The molecule has 0 bridgehead atoms. The Morgan fingerprint density at radius 3 is 3.00 bits per heavy atom. The monoisotopic (exact) mass is 287 g/mol. The number of hydrogen-bond acceptors (Lipinski definition) is 4. The van der Waals surface area contributed by atoms with Crippen LogP contribution in [0.15, 0.2) is 18.5 Å². The normalized spacial score (nSPS) is 19.9. The van der Waals surface area contributed by atoms with Crippen LogP contribution in [0.5, 0.6) is 0 Å². The van der Waals surface area contributed by atoms with Crippen molar-refractivity contribution in [2.75, 3.05) is 25.0 Å². The van der Waals surface area contributed by atoms with Gasteiger partial charge in [-0.2, -0.15) is 5.10 Å². The lowest BCUT2D eigenvalue weighted by Gasteiger charge is -2.23. The molecule has 1 aliphatic rings. The van der Waals surface area contributed by atoms with Crippen LogP contribution in [-0.2, 0) is 5.41 Å². The van der Waals surface area contributed by atoms with Gasteiger partial charge in [-0.05, 0) is 37.9 Å². The van der Waals surface area contributed by atoms with E-state index < -0.39 is 0 Å². The zero-order chi connectivity index (χ0) is 14.9. The maximum atomic E-state index is 4.66. The number of aromatic nitrogens is 3. The van der Waals surface area contributed by atoms with Crippen molar-refractivity contribution in [3.63, 3.8) is 0 Å². The minimum absolute atomic E-state index is 0.0522. The Balaban J connectivity index is 1.79. The van der Waals surface area contributed by atoms with E-state index in [0.717, 1.165) is 36.7 Å². The zero-order valence-electron chi connectivity index (χ0n) is 13.2. The van der Waals surface area contributed by atoms with Crippen LogP contribution in [-0.4, -0.2) is 34.2 Å². The van der Waals surface area contributed by atoms with Crippen LogP contribution in [0.3, 0.4) is 0 Å². The maximum absolute atomic E-state index is 4.66. The first-order chi connectivity index (χ1) is 10.0. The second kappa shape index (κ2) is 5.64. The van der Waals surface area contributed by atoms with Gasteiger partial charge in [-0.25, -0.2) is 9.50 Å². The number of nitrogens with one attached hydrogen (secondary N) is 2. The van der Waals surface area contributed by atoms with Gasteiger partial charge in [0.25, 0.3) is 0 Å². The van der Waals surface area contributed by atoms with Gasteiger partial charge in [0, 0.05) is 24.4 Å². The SMILES string of the molecule is CC(C)(C)c1cc2c(NCC3CCCNC3)nccn2n1. The Bertz CT molecular complexity index is 605. The Morgan fingerprint density at radius 1 is 1.43 bits per heavy atom. The molecule has 5 heteroatoms. The van der Waals surface area contributed by atoms with Crippen molar-refractivity contribution in [1.29, 1.82) is 0 Å². The highest BCUT2D eigenvalue weighted by molar-refractivity contribution is 5.68. The molecular weight excluding hydrogens is 262 g/mol. The smallest absolute Gasteiger partial charge is 0.152 e. The van der Waals surface area contributed by atoms with Gasteiger partial charge in [-0.15, -0.1) is 0 Å². The fourth-order valence-electron chi connectivity index (χ4n) is 2.76. The zero-order valence-corrected chi connectivity index (χ0v) is 13.2. The van der Waals surface area contributed by atoms with Gasteiger partial charge in [-0.3, -0.25) is 0 Å². The van der Waals surface area contributed by atoms with Gasteiger partial charge in [-0.1, -0.05) is 20.8 Å². The fourth-order valence-corrected chi connectivity index (χ4v) is 2.76. The molecule has 3 rings (SSSR count). The molecule has 1 atom stereocenters. The molecule has 2 aromatic rings. The first-order valence-corrected chi connectivity index (χ1v) is 7.83. The van der Waals surface area contributed by atoms with Crippen molar-refractivity contribution < 1.29 is 0 Å². The second-order valence-corrected chi connectivity index (χ2v) is 6.98. The molecule has 0 amide bonds. The predicted octanol–water partition coefficient (Wildman–Crippen LogP) is 2.44. The van der Waals surface area contributed by atoms with Crippen molar-refractivity contribution in [2.45, 2.75) is 39.0 Å². The van der Waals surface area contributed by atoms with Gasteiger partial charge < -0.3 is 10.6 Å². The summed E-state index contributed by atoms with van der Waals surface area (Å²) in [6.45, 7) is 9.77. The van der Waals surface area contributed by atoms with Gasteiger partial charge in [0.05, 0.1) is 5.69 Å². The number of rotatable bonds is 3. The summed E-state index contributed by atoms with van der Waals surface area (Å²) in [7, 11) is 0. The van der Waals surface area contributed by atoms with E-state index in [1.54, 1.807) is 0 Å². The average molecular weight is 287 g/mol. The lowest BCUT2D eigenvalue weighted by atomic mass is 9.92. The summed E-state index contributed by atoms with van der Waals surface area (Å²) >= 11 is 0. The number of fused-ring (bicyclic) bond motifs is 1. The molecular formula is C16H25N5. The van der Waals surface area contributed by atoms with Gasteiger partial charge >= 0.3 is 0 Å². The molecule has 0 aliphatic carbocycles. The molecule has 0 aromatic carbocycles. The van der Waals surface area contributed by atoms with E-state index >= 15 is 0 Å². The van der Waals surface area contributed by atoms with Crippen LogP contribution < -0.4 is 10.6 Å². The highest BCUT2D eigenvalue weighted by Crippen LogP contribution is 2.24. The molecule has 3 heterocycles. The first-order valence-electron chi connectivity index (χ1n) is 7.83. The summed E-state index contributed by atoms with van der Waals surface area (Å²) in [5, 5.41) is 11.6. The third-order valence-corrected chi connectivity index (χ3v) is 4.12. The fraction of sp³-hybridized carbons (Fsp3) is 0.625. The van der Waals surface area contributed by atoms with E-state index in [2.05, 4.69) is 47.6 Å². The molecule has 5 nitrogen and oxygen atoms in total. The summed E-state index contributed by atoms with van der Waals surface area (Å²) in [6.07, 6.45) is 6.28. The molecule has 1 unspecified atom stereocenters. The van der Waals surface area contributed by atoms with Crippen LogP contribution >= 0.6 is 0 Å². The third kappa shape index (κ3) is 3.18. The molecule has 1 aliphatic heterocycles. The molecule has 1 saturated heterocycles. The topological polar surface area (TPSA) is 54.2 Å². The lowest BCUT2D eigenvalue weighted by molar-refractivity contribution is 0.392. The Morgan fingerprint density at radius 2 is 2.29 bits per heavy atom. The average Bonchev–Trinajstić information content (AvgIpc) is 2.91. The quantitative estimate of drug-likeness (QED) is 0.910. The van der Waals surface area contributed by atoms with E-state index in [1.165, 1.54) is 12.8 Å². The van der Waals surface area contributed by atoms with E-state index in [-0.39, 0.29) is 5.41 Å². The van der Waals surface area contributed by atoms with Crippen molar-refractivity contribution in [2.24, 2.45) is 5.92 Å². The largest absolute Gasteiger partial charge is 0.368 e. The molecule has 0 spiro atoms. The van der Waals surface area contributed by atoms with E-state index in [1.807, 2.05) is 16.9 Å². The van der Waals surface area contributed by atoms with Gasteiger partial charge in [0.1, 0.15) is 5.52 Å². The van der Waals surface area contributed by atoms with Crippen LogP contribution in [0, 0.1) is 5.92 Å². The summed E-state index contributed by atoms with van der Waals surface area (Å²) in [4.78, 5) is 4.49. The van der Waals surface area contributed by atoms with Crippen LogP contribution in [0.1, 0.15) is 39.3 Å². The van der Waals surface area contributed by atoms with Crippen LogP contribution in [0.4, 0.5) is 5.82 Å². The Hall–Kier alpha value is -1.62. The third-order valence-electron chi connectivity index (χ3n) is 4.12. The molecule has 0 radical (unpaired) electrons. The highest BCUT2D eigenvalue weighted by Gasteiger charge is 2.19. The Kier molecular flexibility index (Phi) is 3.85. The van der Waals surface area contributed by atoms with E-state index in [9.17, 15) is 0 Å². The number of anilines is 1. The summed E-state index contributed by atoms with van der Waals surface area (Å²) in [5.74, 6) is 1.62. The van der Waals surface area contributed by atoms with Crippen LogP contribution in [0.2, 0.25) is 0 Å². The summed E-state index contributed by atoms with van der Waals surface area (Å²) in [6, 6.07) is 2.15. The molecule has 2 aromatic heterocycles. The second-order valence-electron chi connectivity index (χ2n) is 6.98. The van der Waals surface area contributed by atoms with Gasteiger partial charge in [0.15, 0.2) is 5.82 Å². The van der Waals surface area contributed by atoms with Crippen molar-refractivity contribution in [3.05, 3.63) is 24.2 Å². The van der Waals surface area contributed by atoms with Crippen molar-refractivity contribution >= 4 is 11.3 Å². The molecule has 1 fully saturated rings. The number of hydrogen-bond donors (Lipinski definition) is 2. The maximum Gasteiger partial charge on any atom is 0.152 e. The molecule has 114 valence electrons. The Labute approximate surface area is 126 Å². The number of nitrogens with zero attached hydrogens (tertiary/aromatic N) is 3. The summed E-state index contributed by atoms with van der Waals surface area (Å²) in [5.41, 5.74) is 2.21. The standard InChI is InChI=1S/C16H25N5/c1-16(2,3)14-9-13-15(18-7-8-21(13)20-14)19-11-12-5-4-6-17-10-12/h7-9,12,17H,4-6,10-11H2,1-3H3,(H,18,19). The number of piperidine rings is 1. The molecule has 2 N–H and O–H groups in total. The van der Waals surface area contributed by atoms with Crippen molar-refractivity contribution in [3.8, 4) is 0 Å². The van der Waals surface area contributed by atoms with E-state index in [4.69, 9.17) is 0 Å². The van der Waals surface area contributed by atoms with Crippen molar-refractivity contribution in [1.82, 2.24) is 19.9 Å². The minimum Gasteiger partial charge on any atom is -0.368 e. The minimum atomic E-state index is 0.0522.